The van der Waals surface area contributed by atoms with E-state index in [4.69, 9.17) is 0 Å². The lowest BCUT2D eigenvalue weighted by Gasteiger charge is -2.23. The Bertz CT molecular complexity index is 427. The molecule has 4 heteroatoms. The van der Waals surface area contributed by atoms with Crippen LogP contribution in [0.1, 0.15) is 25.3 Å². The molecular formula is C16H24N2OS. The molecule has 1 aromatic carbocycles. The number of benzene rings is 1. The fraction of sp³-hybridized carbons (Fsp3) is 0.562. The van der Waals surface area contributed by atoms with Crippen molar-refractivity contribution in [2.75, 3.05) is 24.2 Å². The highest BCUT2D eigenvalue weighted by molar-refractivity contribution is 8.00. The summed E-state index contributed by atoms with van der Waals surface area (Å²) >= 11 is 1.77. The van der Waals surface area contributed by atoms with Gasteiger partial charge in [0.05, 0.1) is 5.25 Å². The van der Waals surface area contributed by atoms with Crippen LogP contribution in [-0.4, -0.2) is 30.0 Å². The molecule has 0 radical (unpaired) electrons. The summed E-state index contributed by atoms with van der Waals surface area (Å²) in [5.41, 5.74) is 2.09. The van der Waals surface area contributed by atoms with Crippen molar-refractivity contribution in [3.63, 3.8) is 0 Å². The van der Waals surface area contributed by atoms with Crippen LogP contribution in [0.15, 0.2) is 24.3 Å². The van der Waals surface area contributed by atoms with E-state index in [1.165, 1.54) is 18.4 Å². The molecule has 1 heterocycles. The molecule has 1 unspecified atom stereocenters. The summed E-state index contributed by atoms with van der Waals surface area (Å²) in [5, 5.41) is 6.36. The second-order valence-electron chi connectivity index (χ2n) is 5.52. The standard InChI is InChI=1S/C16H24N2OS/c1-12-3-5-15(6-4-12)18-16(19)13(2)20-11-14-7-9-17-10-8-14/h3-6,13-14,17H,7-11H2,1-2H3,(H,18,19). The van der Waals surface area contributed by atoms with E-state index >= 15 is 0 Å². The van der Waals surface area contributed by atoms with Crippen molar-refractivity contribution in [3.8, 4) is 0 Å². The Morgan fingerprint density at radius 2 is 2.00 bits per heavy atom. The Morgan fingerprint density at radius 1 is 1.35 bits per heavy atom. The molecule has 3 nitrogen and oxygen atoms in total. The van der Waals surface area contributed by atoms with E-state index in [1.54, 1.807) is 11.8 Å². The van der Waals surface area contributed by atoms with Gasteiger partial charge in [-0.15, -0.1) is 11.8 Å². The van der Waals surface area contributed by atoms with Crippen LogP contribution in [0.2, 0.25) is 0 Å². The molecule has 110 valence electrons. The normalized spacial score (nSPS) is 17.7. The number of carbonyl (C=O) groups is 1. The molecule has 1 fully saturated rings. The topological polar surface area (TPSA) is 41.1 Å². The second kappa shape index (κ2) is 7.70. The number of anilines is 1. The van der Waals surface area contributed by atoms with Gasteiger partial charge >= 0.3 is 0 Å². The van der Waals surface area contributed by atoms with Crippen molar-refractivity contribution >= 4 is 23.4 Å². The Labute approximate surface area is 125 Å². The highest BCUT2D eigenvalue weighted by atomic mass is 32.2. The summed E-state index contributed by atoms with van der Waals surface area (Å²) in [5.74, 6) is 1.95. The number of amides is 1. The fourth-order valence-corrected chi connectivity index (χ4v) is 3.39. The van der Waals surface area contributed by atoms with Crippen LogP contribution in [0.25, 0.3) is 0 Å². The predicted octanol–water partition coefficient (Wildman–Crippen LogP) is 3.05. The first-order valence-electron chi connectivity index (χ1n) is 7.35. The van der Waals surface area contributed by atoms with Gasteiger partial charge in [-0.2, -0.15) is 0 Å². The maximum atomic E-state index is 12.1. The zero-order valence-corrected chi connectivity index (χ0v) is 13.1. The monoisotopic (exact) mass is 292 g/mol. The summed E-state index contributed by atoms with van der Waals surface area (Å²) in [6.45, 7) is 6.28. The van der Waals surface area contributed by atoms with Crippen LogP contribution >= 0.6 is 11.8 Å². The van der Waals surface area contributed by atoms with E-state index in [1.807, 2.05) is 38.1 Å². The number of piperidine rings is 1. The van der Waals surface area contributed by atoms with Crippen LogP contribution < -0.4 is 10.6 Å². The van der Waals surface area contributed by atoms with Gasteiger partial charge in [0.15, 0.2) is 0 Å². The largest absolute Gasteiger partial charge is 0.325 e. The molecule has 1 atom stereocenters. The maximum Gasteiger partial charge on any atom is 0.237 e. The van der Waals surface area contributed by atoms with Gasteiger partial charge in [-0.25, -0.2) is 0 Å². The third kappa shape index (κ3) is 4.84. The number of hydrogen-bond donors (Lipinski definition) is 2. The molecule has 0 spiro atoms. The summed E-state index contributed by atoms with van der Waals surface area (Å²) in [6.07, 6.45) is 2.47. The third-order valence-corrected chi connectivity index (χ3v) is 5.11. The number of aryl methyl sites for hydroxylation is 1. The average molecular weight is 292 g/mol. The van der Waals surface area contributed by atoms with Gasteiger partial charge in [-0.3, -0.25) is 4.79 Å². The number of nitrogens with one attached hydrogen (secondary N) is 2. The molecular weight excluding hydrogens is 268 g/mol. The number of carbonyl (C=O) groups excluding carboxylic acids is 1. The summed E-state index contributed by atoms with van der Waals surface area (Å²) in [4.78, 5) is 12.1. The molecule has 2 rings (SSSR count). The summed E-state index contributed by atoms with van der Waals surface area (Å²) in [7, 11) is 0. The predicted molar refractivity (Wildman–Crippen MR) is 87.3 cm³/mol. The molecule has 1 aliphatic heterocycles. The van der Waals surface area contributed by atoms with Crippen molar-refractivity contribution in [3.05, 3.63) is 29.8 Å². The summed E-state index contributed by atoms with van der Waals surface area (Å²) in [6, 6.07) is 7.94. The highest BCUT2D eigenvalue weighted by Gasteiger charge is 2.18. The third-order valence-electron chi connectivity index (χ3n) is 3.73. The Kier molecular flexibility index (Phi) is 5.92. The minimum absolute atomic E-state index is 0.00573. The van der Waals surface area contributed by atoms with Gasteiger partial charge < -0.3 is 10.6 Å². The first-order chi connectivity index (χ1) is 9.65. The van der Waals surface area contributed by atoms with Crippen molar-refractivity contribution in [1.82, 2.24) is 5.32 Å². The summed E-state index contributed by atoms with van der Waals surface area (Å²) < 4.78 is 0. The van der Waals surface area contributed by atoms with E-state index in [-0.39, 0.29) is 11.2 Å². The molecule has 2 N–H and O–H groups in total. The minimum Gasteiger partial charge on any atom is -0.325 e. The van der Waals surface area contributed by atoms with Crippen molar-refractivity contribution in [2.24, 2.45) is 5.92 Å². The number of thioether (sulfide) groups is 1. The van der Waals surface area contributed by atoms with E-state index < -0.39 is 0 Å². The highest BCUT2D eigenvalue weighted by Crippen LogP contribution is 2.22. The molecule has 0 saturated carbocycles. The quantitative estimate of drug-likeness (QED) is 0.876. The van der Waals surface area contributed by atoms with Crippen LogP contribution in [0.4, 0.5) is 5.69 Å². The molecule has 0 bridgehead atoms. The van der Waals surface area contributed by atoms with Gasteiger partial charge in [-0.1, -0.05) is 17.7 Å². The zero-order chi connectivity index (χ0) is 14.4. The first-order valence-corrected chi connectivity index (χ1v) is 8.40. The lowest BCUT2D eigenvalue weighted by molar-refractivity contribution is -0.115. The van der Waals surface area contributed by atoms with E-state index in [0.717, 1.165) is 30.4 Å². The Balaban J connectivity index is 1.75. The average Bonchev–Trinajstić information content (AvgIpc) is 2.48. The fourth-order valence-electron chi connectivity index (χ4n) is 2.29. The van der Waals surface area contributed by atoms with Crippen LogP contribution in [0.5, 0.6) is 0 Å². The Hall–Kier alpha value is -1.00. The maximum absolute atomic E-state index is 12.1. The Morgan fingerprint density at radius 3 is 2.65 bits per heavy atom. The van der Waals surface area contributed by atoms with Crippen molar-refractivity contribution in [1.29, 1.82) is 0 Å². The van der Waals surface area contributed by atoms with Crippen LogP contribution in [0.3, 0.4) is 0 Å². The van der Waals surface area contributed by atoms with E-state index in [2.05, 4.69) is 10.6 Å². The number of rotatable bonds is 5. The molecule has 20 heavy (non-hydrogen) atoms. The van der Waals surface area contributed by atoms with Gasteiger partial charge in [0.1, 0.15) is 0 Å². The van der Waals surface area contributed by atoms with E-state index in [9.17, 15) is 4.79 Å². The molecule has 1 aromatic rings. The molecule has 0 aliphatic carbocycles. The van der Waals surface area contributed by atoms with Crippen LogP contribution in [0, 0.1) is 12.8 Å². The van der Waals surface area contributed by atoms with Crippen LogP contribution in [-0.2, 0) is 4.79 Å². The SMILES string of the molecule is Cc1ccc(NC(=O)C(C)SCC2CCNCC2)cc1. The first kappa shape index (κ1) is 15.4. The van der Waals surface area contributed by atoms with Crippen molar-refractivity contribution < 1.29 is 4.79 Å². The van der Waals surface area contributed by atoms with Gasteiger partial charge in [-0.05, 0) is 63.6 Å². The van der Waals surface area contributed by atoms with Gasteiger partial charge in [0.2, 0.25) is 5.91 Å². The van der Waals surface area contributed by atoms with E-state index in [0.29, 0.717) is 0 Å². The smallest absolute Gasteiger partial charge is 0.237 e. The molecule has 1 amide bonds. The van der Waals surface area contributed by atoms with Gasteiger partial charge in [0, 0.05) is 5.69 Å². The molecule has 1 aliphatic rings. The second-order valence-corrected chi connectivity index (χ2v) is 6.90. The van der Waals surface area contributed by atoms with Crippen molar-refractivity contribution in [2.45, 2.75) is 31.9 Å². The lowest BCUT2D eigenvalue weighted by atomic mass is 10.0. The molecule has 0 aromatic heterocycles. The number of hydrogen-bond acceptors (Lipinski definition) is 3. The van der Waals surface area contributed by atoms with Gasteiger partial charge in [0.25, 0.3) is 0 Å². The molecule has 1 saturated heterocycles. The minimum atomic E-state index is 0.00573. The zero-order valence-electron chi connectivity index (χ0n) is 12.3. The lowest BCUT2D eigenvalue weighted by Crippen LogP contribution is -2.30.